The second-order valence-electron chi connectivity index (χ2n) is 10.4. The highest BCUT2D eigenvalue weighted by Gasteiger charge is 2.61. The van der Waals surface area contributed by atoms with E-state index in [1.165, 1.54) is 12.8 Å². The van der Waals surface area contributed by atoms with E-state index in [-0.39, 0.29) is 5.91 Å². The van der Waals surface area contributed by atoms with Gasteiger partial charge in [0.25, 0.3) is 5.91 Å². The molecular formula is C28H33N5O2. The van der Waals surface area contributed by atoms with Crippen LogP contribution < -0.4 is 9.64 Å². The number of imidazole rings is 1. The fourth-order valence-electron chi connectivity index (χ4n) is 6.68. The summed E-state index contributed by atoms with van der Waals surface area (Å²) >= 11 is 0. The number of hydrogen-bond donors (Lipinski definition) is 0. The van der Waals surface area contributed by atoms with Gasteiger partial charge in [0, 0.05) is 37.9 Å². The summed E-state index contributed by atoms with van der Waals surface area (Å²) in [6.07, 6.45) is 5.22. The van der Waals surface area contributed by atoms with Crippen molar-refractivity contribution in [1.29, 1.82) is 0 Å². The lowest BCUT2D eigenvalue weighted by molar-refractivity contribution is -0.0204. The van der Waals surface area contributed by atoms with Crippen molar-refractivity contribution in [3.63, 3.8) is 0 Å². The van der Waals surface area contributed by atoms with Crippen molar-refractivity contribution in [2.75, 3.05) is 25.1 Å². The largest absolute Gasteiger partial charge is 0.494 e. The van der Waals surface area contributed by atoms with Gasteiger partial charge in [-0.2, -0.15) is 0 Å². The molecular weight excluding hydrogens is 438 g/mol. The monoisotopic (exact) mass is 471 g/mol. The maximum absolute atomic E-state index is 13.6. The zero-order valence-electron chi connectivity index (χ0n) is 21.0. The minimum Gasteiger partial charge on any atom is -0.494 e. The third kappa shape index (κ3) is 3.20. The van der Waals surface area contributed by atoms with E-state index >= 15 is 0 Å². The van der Waals surface area contributed by atoms with Crippen molar-refractivity contribution in [2.45, 2.75) is 39.2 Å². The standard InChI is InChI=1S/C28H33N5O2/c1-6-10-32(26-16(2)8-7-9-29-26)17(3)27-30-21-12-19(14-23(35-5)25(21)31(27)4)28(34)33-15-20-11-18-13-22(33)24(18)20/h7-9,12,14,18,20,22,24H,3,6,10-11,13,15H2,1-2,4-5H3/t18?,20-,22-,24-/m1/s1. The van der Waals surface area contributed by atoms with Crippen LogP contribution in [0.25, 0.3) is 16.7 Å². The highest BCUT2D eigenvalue weighted by atomic mass is 16.5. The molecule has 2 aromatic heterocycles. The minimum absolute atomic E-state index is 0.103. The average Bonchev–Trinajstić information content (AvgIpc) is 3.17. The van der Waals surface area contributed by atoms with Crippen LogP contribution in [-0.4, -0.2) is 51.6 Å². The van der Waals surface area contributed by atoms with Crippen molar-refractivity contribution >= 4 is 28.5 Å². The second-order valence-corrected chi connectivity index (χ2v) is 10.4. The van der Waals surface area contributed by atoms with Crippen LogP contribution in [0, 0.1) is 24.7 Å². The van der Waals surface area contributed by atoms with Gasteiger partial charge in [-0.05, 0) is 67.7 Å². The van der Waals surface area contributed by atoms with Gasteiger partial charge in [0.2, 0.25) is 0 Å². The Balaban J connectivity index is 1.38. The zero-order chi connectivity index (χ0) is 24.4. The summed E-state index contributed by atoms with van der Waals surface area (Å²) in [6.45, 7) is 10.3. The van der Waals surface area contributed by atoms with E-state index in [4.69, 9.17) is 9.72 Å². The number of aryl methyl sites for hydroxylation is 2. The molecule has 1 unspecified atom stereocenters. The lowest BCUT2D eigenvalue weighted by Gasteiger charge is -2.52. The number of pyridine rings is 1. The maximum Gasteiger partial charge on any atom is 0.254 e. The summed E-state index contributed by atoms with van der Waals surface area (Å²) in [4.78, 5) is 27.4. The van der Waals surface area contributed by atoms with Crippen molar-refractivity contribution < 1.29 is 9.53 Å². The first-order valence-electron chi connectivity index (χ1n) is 12.7. The molecule has 2 aliphatic carbocycles. The lowest BCUT2D eigenvalue weighted by Crippen LogP contribution is -2.53. The molecule has 0 N–H and O–H groups in total. The molecule has 3 fully saturated rings. The number of benzene rings is 1. The number of fused-ring (bicyclic) bond motifs is 1. The topological polar surface area (TPSA) is 63.5 Å². The van der Waals surface area contributed by atoms with Gasteiger partial charge in [0.05, 0.1) is 18.3 Å². The predicted octanol–water partition coefficient (Wildman–Crippen LogP) is 4.65. The number of rotatable bonds is 7. The summed E-state index contributed by atoms with van der Waals surface area (Å²) in [5.41, 5.74) is 4.12. The van der Waals surface area contributed by atoms with Crippen LogP contribution >= 0.6 is 0 Å². The number of amides is 1. The van der Waals surface area contributed by atoms with Crippen LogP contribution in [0.1, 0.15) is 47.9 Å². The fraction of sp³-hybridized carbons (Fsp3) is 0.464. The quantitative estimate of drug-likeness (QED) is 0.502. The van der Waals surface area contributed by atoms with Gasteiger partial charge in [0.1, 0.15) is 17.1 Å². The SMILES string of the molecule is C=C(c1nc2cc(C(=O)N3C[C@H]4CC5C[C@@H]3[C@H]54)cc(OC)c2n1C)N(CCC)c1ncccc1C. The van der Waals surface area contributed by atoms with Crippen molar-refractivity contribution in [1.82, 2.24) is 19.4 Å². The van der Waals surface area contributed by atoms with Crippen LogP contribution in [0.2, 0.25) is 0 Å². The summed E-state index contributed by atoms with van der Waals surface area (Å²) in [5, 5.41) is 0. The van der Waals surface area contributed by atoms with Crippen LogP contribution in [0.4, 0.5) is 5.82 Å². The number of carbonyl (C=O) groups is 1. The van der Waals surface area contributed by atoms with Crippen LogP contribution in [0.15, 0.2) is 37.0 Å². The van der Waals surface area contributed by atoms with E-state index in [0.29, 0.717) is 23.3 Å². The minimum atomic E-state index is 0.103. The molecule has 35 heavy (non-hydrogen) atoms. The van der Waals surface area contributed by atoms with Crippen molar-refractivity contribution in [3.8, 4) is 5.75 Å². The van der Waals surface area contributed by atoms with E-state index in [2.05, 4.69) is 41.3 Å². The van der Waals surface area contributed by atoms with E-state index < -0.39 is 0 Å². The predicted molar refractivity (Wildman–Crippen MR) is 137 cm³/mol. The molecule has 3 aliphatic rings. The van der Waals surface area contributed by atoms with Gasteiger partial charge in [0.15, 0.2) is 5.82 Å². The molecule has 1 saturated heterocycles. The molecule has 0 spiro atoms. The number of likely N-dealkylation sites (tertiary alicyclic amines) is 1. The molecule has 1 aromatic carbocycles. The number of hydrogen-bond acceptors (Lipinski definition) is 5. The molecule has 0 bridgehead atoms. The first kappa shape index (κ1) is 22.1. The molecule has 3 heterocycles. The Hall–Kier alpha value is -3.35. The van der Waals surface area contributed by atoms with Crippen molar-refractivity contribution in [2.24, 2.45) is 24.8 Å². The molecule has 1 amide bonds. The number of ether oxygens (including phenoxy) is 1. The normalized spacial score (nSPS) is 24.1. The molecule has 182 valence electrons. The van der Waals surface area contributed by atoms with Gasteiger partial charge in [-0.15, -0.1) is 0 Å². The van der Waals surface area contributed by atoms with E-state index in [9.17, 15) is 4.79 Å². The number of methoxy groups -OCH3 is 1. The Bertz CT molecular complexity index is 1340. The van der Waals surface area contributed by atoms with Crippen LogP contribution in [0.5, 0.6) is 5.75 Å². The Kier molecular flexibility index (Phi) is 5.13. The third-order valence-electron chi connectivity index (χ3n) is 8.44. The summed E-state index contributed by atoms with van der Waals surface area (Å²) in [7, 11) is 3.62. The number of nitrogens with zero attached hydrogens (tertiary/aromatic N) is 5. The summed E-state index contributed by atoms with van der Waals surface area (Å²) < 4.78 is 7.78. The Morgan fingerprint density at radius 3 is 2.80 bits per heavy atom. The maximum atomic E-state index is 13.6. The fourth-order valence-corrected chi connectivity index (χ4v) is 6.68. The van der Waals surface area contributed by atoms with E-state index in [0.717, 1.165) is 65.3 Å². The third-order valence-corrected chi connectivity index (χ3v) is 8.44. The number of carbonyl (C=O) groups excluding carboxylic acids is 1. The van der Waals surface area contributed by atoms with Crippen LogP contribution in [0.3, 0.4) is 0 Å². The highest BCUT2D eigenvalue weighted by molar-refractivity contribution is 6.00. The molecule has 2 saturated carbocycles. The molecule has 7 nitrogen and oxygen atoms in total. The molecule has 6 rings (SSSR count). The van der Waals surface area contributed by atoms with E-state index in [1.807, 2.05) is 36.0 Å². The van der Waals surface area contributed by atoms with Gasteiger partial charge in [-0.3, -0.25) is 4.79 Å². The van der Waals surface area contributed by atoms with Gasteiger partial charge in [-0.25, -0.2) is 9.97 Å². The zero-order valence-corrected chi connectivity index (χ0v) is 21.0. The Labute approximate surface area is 206 Å². The van der Waals surface area contributed by atoms with Gasteiger partial charge >= 0.3 is 0 Å². The summed E-state index contributed by atoms with van der Waals surface area (Å²) in [6, 6.07) is 8.23. The van der Waals surface area contributed by atoms with Crippen molar-refractivity contribution in [3.05, 3.63) is 54.0 Å². The first-order chi connectivity index (χ1) is 16.9. The molecule has 7 heteroatoms. The first-order valence-corrected chi connectivity index (χ1v) is 12.7. The summed E-state index contributed by atoms with van der Waals surface area (Å²) in [5.74, 6) is 4.69. The highest BCUT2D eigenvalue weighted by Crippen LogP contribution is 2.60. The average molecular weight is 472 g/mol. The Morgan fingerprint density at radius 2 is 2.11 bits per heavy atom. The lowest BCUT2D eigenvalue weighted by atomic mass is 9.53. The van der Waals surface area contributed by atoms with Gasteiger partial charge < -0.3 is 19.1 Å². The molecule has 4 atom stereocenters. The molecule has 1 aliphatic heterocycles. The Morgan fingerprint density at radius 1 is 1.29 bits per heavy atom. The van der Waals surface area contributed by atoms with E-state index in [1.54, 1.807) is 7.11 Å². The molecule has 3 aromatic rings. The van der Waals surface area contributed by atoms with Gasteiger partial charge in [-0.1, -0.05) is 19.6 Å². The second kappa shape index (κ2) is 8.11. The molecule has 0 radical (unpaired) electrons. The smallest absolute Gasteiger partial charge is 0.254 e. The van der Waals surface area contributed by atoms with Crippen LogP contribution in [-0.2, 0) is 7.05 Å². The number of aromatic nitrogens is 3. The number of anilines is 1.